The molecule has 5 heteroatoms. The summed E-state index contributed by atoms with van der Waals surface area (Å²) in [6, 6.07) is 46.1. The number of hydrogen-bond donors (Lipinski definition) is 1. The Labute approximate surface area is 339 Å². The molecule has 0 aliphatic heterocycles. The van der Waals surface area contributed by atoms with E-state index in [9.17, 15) is 5.11 Å². The quantitative estimate of drug-likeness (QED) is 0.175. The predicted molar refractivity (Wildman–Crippen MR) is 225 cm³/mol. The number of pyridine rings is 1. The first kappa shape index (κ1) is 38.0. The van der Waals surface area contributed by atoms with Crippen LogP contribution in [0.2, 0.25) is 0 Å². The van der Waals surface area contributed by atoms with E-state index in [1.165, 1.54) is 27.8 Å². The SMILES string of the molecule is Cc1cccc(C)c1-c1ccc(O)c(-c2nc3c(-c4[c-]c(-c5cc(C(C)(C)C)cc6cccnc56)ccc4)cccc3n2-c2ccc(C(C)(C)C)cc2)c1.[Pt]. The largest absolute Gasteiger partial charge is 0.507 e. The topological polar surface area (TPSA) is 50.9 Å². The molecule has 0 bridgehead atoms. The van der Waals surface area contributed by atoms with Gasteiger partial charge < -0.3 is 5.11 Å². The van der Waals surface area contributed by atoms with Crippen LogP contribution in [0.3, 0.4) is 0 Å². The number of phenols is 1. The Hall–Kier alpha value is -5.31. The first-order valence-corrected chi connectivity index (χ1v) is 18.7. The maximum absolute atomic E-state index is 11.6. The molecule has 0 saturated heterocycles. The smallest absolute Gasteiger partial charge is 0.148 e. The van der Waals surface area contributed by atoms with Gasteiger partial charge in [0.1, 0.15) is 11.6 Å². The molecule has 0 aliphatic carbocycles. The molecule has 0 amide bonds. The molecule has 0 saturated carbocycles. The van der Waals surface area contributed by atoms with E-state index < -0.39 is 0 Å². The fraction of sp³-hybridized carbons (Fsp3) is 0.200. The molecule has 2 heterocycles. The van der Waals surface area contributed by atoms with E-state index in [1.807, 2.05) is 18.3 Å². The molecule has 8 aromatic rings. The first-order chi connectivity index (χ1) is 25.8. The van der Waals surface area contributed by atoms with Crippen LogP contribution < -0.4 is 0 Å². The number of para-hydroxylation sites is 1. The summed E-state index contributed by atoms with van der Waals surface area (Å²) in [6.45, 7) is 17.7. The van der Waals surface area contributed by atoms with Crippen molar-refractivity contribution in [1.82, 2.24) is 14.5 Å². The number of rotatable bonds is 5. The number of imidazole rings is 1. The van der Waals surface area contributed by atoms with Gasteiger partial charge in [-0.25, -0.2) is 4.98 Å². The van der Waals surface area contributed by atoms with Crippen LogP contribution >= 0.6 is 0 Å². The maximum Gasteiger partial charge on any atom is 0.148 e. The van der Waals surface area contributed by atoms with E-state index in [4.69, 9.17) is 9.97 Å². The predicted octanol–water partition coefficient (Wildman–Crippen LogP) is 13.0. The number of fused-ring (bicyclic) bond motifs is 2. The Morgan fingerprint density at radius 3 is 1.95 bits per heavy atom. The second-order valence-electron chi connectivity index (χ2n) is 16.6. The zero-order chi connectivity index (χ0) is 37.9. The molecule has 0 spiro atoms. The summed E-state index contributed by atoms with van der Waals surface area (Å²) >= 11 is 0. The minimum Gasteiger partial charge on any atom is -0.507 e. The number of aromatic hydroxyl groups is 1. The normalized spacial score (nSPS) is 11.9. The molecule has 1 N–H and O–H groups in total. The fourth-order valence-electron chi connectivity index (χ4n) is 7.62. The number of nitrogens with zero attached hydrogens (tertiary/aromatic N) is 3. The molecular formula is C50H46N3OPt-. The van der Waals surface area contributed by atoms with Gasteiger partial charge in [-0.15, -0.1) is 35.4 Å². The summed E-state index contributed by atoms with van der Waals surface area (Å²) in [4.78, 5) is 10.2. The van der Waals surface area contributed by atoms with Crippen molar-refractivity contribution in [2.45, 2.75) is 66.2 Å². The van der Waals surface area contributed by atoms with Crippen LogP contribution in [-0.2, 0) is 31.9 Å². The summed E-state index contributed by atoms with van der Waals surface area (Å²) < 4.78 is 2.18. The van der Waals surface area contributed by atoms with Crippen LogP contribution in [0.4, 0.5) is 0 Å². The van der Waals surface area contributed by atoms with E-state index in [0.717, 1.165) is 55.4 Å². The van der Waals surface area contributed by atoms with Crippen molar-refractivity contribution in [3.63, 3.8) is 0 Å². The molecule has 2 aromatic heterocycles. The van der Waals surface area contributed by atoms with Crippen molar-refractivity contribution in [1.29, 1.82) is 0 Å². The Kier molecular flexibility index (Phi) is 9.94. The summed E-state index contributed by atoms with van der Waals surface area (Å²) in [6.07, 6.45) is 1.86. The minimum atomic E-state index is -0.0307. The van der Waals surface area contributed by atoms with E-state index in [1.54, 1.807) is 6.07 Å². The van der Waals surface area contributed by atoms with E-state index >= 15 is 0 Å². The van der Waals surface area contributed by atoms with Gasteiger partial charge in [0, 0.05) is 38.5 Å². The van der Waals surface area contributed by atoms with E-state index in [-0.39, 0.29) is 37.6 Å². The first-order valence-electron chi connectivity index (χ1n) is 18.7. The van der Waals surface area contributed by atoms with Crippen molar-refractivity contribution in [3.8, 4) is 56.2 Å². The molecule has 0 fully saturated rings. The van der Waals surface area contributed by atoms with Crippen molar-refractivity contribution in [2.24, 2.45) is 0 Å². The third kappa shape index (κ3) is 7.05. The third-order valence-electron chi connectivity index (χ3n) is 10.6. The molecule has 6 aromatic carbocycles. The average molecular weight is 900 g/mol. The van der Waals surface area contributed by atoms with E-state index in [0.29, 0.717) is 11.4 Å². The number of aromatic nitrogens is 3. The van der Waals surface area contributed by atoms with Crippen LogP contribution in [0.15, 0.2) is 128 Å². The molecule has 278 valence electrons. The second-order valence-corrected chi connectivity index (χ2v) is 16.6. The standard InChI is InChI=1S/C50H46N3O.Pt/c1-31-13-9-14-32(2)45(31)35-20-25-44(54)42(29-35)48-52-47-40(18-11-19-43(47)53(48)39-23-21-37(22-24-39)49(3,4)5)33-15-10-16-34(27-33)41-30-38(50(6,7)8)28-36-17-12-26-51-46(36)41;/h9-26,28-30,54H,1-8H3;/q-1;. The van der Waals surface area contributed by atoms with Crippen molar-refractivity contribution < 1.29 is 26.2 Å². The summed E-state index contributed by atoms with van der Waals surface area (Å²) in [5.74, 6) is 0.858. The van der Waals surface area contributed by atoms with Gasteiger partial charge in [0.25, 0.3) is 0 Å². The molecule has 55 heavy (non-hydrogen) atoms. The number of phenolic OH excluding ortho intramolecular Hbond substituents is 1. The average Bonchev–Trinajstić information content (AvgIpc) is 3.54. The number of aryl methyl sites for hydroxylation is 2. The Balaban J connectivity index is 0.00000465. The fourth-order valence-corrected chi connectivity index (χ4v) is 7.62. The van der Waals surface area contributed by atoms with Gasteiger partial charge in [-0.3, -0.25) is 9.55 Å². The monoisotopic (exact) mass is 899 g/mol. The molecule has 0 atom stereocenters. The van der Waals surface area contributed by atoms with Crippen LogP contribution in [0.5, 0.6) is 5.75 Å². The zero-order valence-electron chi connectivity index (χ0n) is 32.7. The van der Waals surface area contributed by atoms with Gasteiger partial charge in [0.15, 0.2) is 0 Å². The molecule has 0 unspecified atom stereocenters. The van der Waals surface area contributed by atoms with E-state index in [2.05, 4.69) is 169 Å². The Bertz CT molecular complexity index is 2690. The van der Waals surface area contributed by atoms with Gasteiger partial charge in [-0.05, 0) is 99.8 Å². The number of benzene rings is 6. The van der Waals surface area contributed by atoms with Crippen LogP contribution in [0.25, 0.3) is 72.4 Å². The molecule has 0 aliphatic rings. The molecule has 8 rings (SSSR count). The van der Waals surface area contributed by atoms with Crippen molar-refractivity contribution in [3.05, 3.63) is 156 Å². The van der Waals surface area contributed by atoms with Gasteiger partial charge in [-0.2, -0.15) is 0 Å². The van der Waals surface area contributed by atoms with Crippen LogP contribution in [-0.4, -0.2) is 19.6 Å². The molecule has 0 radical (unpaired) electrons. The van der Waals surface area contributed by atoms with Crippen LogP contribution in [0.1, 0.15) is 63.8 Å². The van der Waals surface area contributed by atoms with Gasteiger partial charge in [0.05, 0.1) is 16.6 Å². The third-order valence-corrected chi connectivity index (χ3v) is 10.6. The van der Waals surface area contributed by atoms with Gasteiger partial charge >= 0.3 is 0 Å². The van der Waals surface area contributed by atoms with Gasteiger partial charge in [-0.1, -0.05) is 119 Å². The second kappa shape index (κ2) is 14.4. The van der Waals surface area contributed by atoms with Crippen molar-refractivity contribution >= 4 is 21.9 Å². The Morgan fingerprint density at radius 2 is 1.25 bits per heavy atom. The number of hydrogen-bond acceptors (Lipinski definition) is 3. The van der Waals surface area contributed by atoms with Gasteiger partial charge in [0.2, 0.25) is 0 Å². The Morgan fingerprint density at radius 1 is 0.600 bits per heavy atom. The summed E-state index contributed by atoms with van der Waals surface area (Å²) in [7, 11) is 0. The van der Waals surface area contributed by atoms with Crippen molar-refractivity contribution in [2.75, 3.05) is 0 Å². The maximum atomic E-state index is 11.6. The summed E-state index contributed by atoms with van der Waals surface area (Å²) in [5, 5.41) is 12.7. The summed E-state index contributed by atoms with van der Waals surface area (Å²) in [5.41, 5.74) is 15.4. The van der Waals surface area contributed by atoms with Crippen LogP contribution in [0, 0.1) is 19.9 Å². The molecular weight excluding hydrogens is 854 g/mol. The zero-order valence-corrected chi connectivity index (χ0v) is 35.0. The molecule has 4 nitrogen and oxygen atoms in total. The minimum absolute atomic E-state index is 0.